The molecule has 0 aliphatic carbocycles. The van der Waals surface area contributed by atoms with E-state index in [0.29, 0.717) is 5.02 Å². The number of rotatable bonds is 3. The van der Waals surface area contributed by atoms with E-state index in [1.165, 1.54) is 0 Å². The first kappa shape index (κ1) is 16.3. The number of carbonyl (C=O) groups excluding carboxylic acids is 1. The Hall–Kier alpha value is -1.06. The molecule has 4 heteroatoms. The van der Waals surface area contributed by atoms with Crippen molar-refractivity contribution in [2.45, 2.75) is 52.1 Å². The summed E-state index contributed by atoms with van der Waals surface area (Å²) in [6.07, 6.45) is 2.00. The third kappa shape index (κ3) is 3.09. The summed E-state index contributed by atoms with van der Waals surface area (Å²) in [5, 5.41) is 0.713. The number of nitrogens with two attached hydrogens (primary N) is 1. The lowest BCUT2D eigenvalue weighted by molar-refractivity contribution is -0.144. The zero-order valence-electron chi connectivity index (χ0n) is 13.3. The molecule has 1 amide bonds. The molecule has 21 heavy (non-hydrogen) atoms. The Morgan fingerprint density at radius 3 is 2.57 bits per heavy atom. The quantitative estimate of drug-likeness (QED) is 0.924. The van der Waals surface area contributed by atoms with Crippen LogP contribution in [0.5, 0.6) is 0 Å². The van der Waals surface area contributed by atoms with Gasteiger partial charge in [0.25, 0.3) is 0 Å². The fourth-order valence-corrected chi connectivity index (χ4v) is 2.90. The van der Waals surface area contributed by atoms with Crippen LogP contribution in [0.25, 0.3) is 0 Å². The van der Waals surface area contributed by atoms with Gasteiger partial charge in [0.15, 0.2) is 0 Å². The number of halogens is 1. The maximum Gasteiger partial charge on any atom is 0.230 e. The Bertz CT molecular complexity index is 534. The van der Waals surface area contributed by atoms with Gasteiger partial charge < -0.3 is 10.6 Å². The Morgan fingerprint density at radius 1 is 1.33 bits per heavy atom. The van der Waals surface area contributed by atoms with Gasteiger partial charge in [0, 0.05) is 17.1 Å². The molecule has 1 unspecified atom stereocenters. The molecule has 0 radical (unpaired) electrons. The van der Waals surface area contributed by atoms with Gasteiger partial charge in [0.1, 0.15) is 0 Å². The Balaban J connectivity index is 2.29. The summed E-state index contributed by atoms with van der Waals surface area (Å²) >= 11 is 6.09. The van der Waals surface area contributed by atoms with E-state index in [2.05, 4.69) is 0 Å². The molecular weight excluding hydrogens is 284 g/mol. The highest BCUT2D eigenvalue weighted by Crippen LogP contribution is 2.39. The van der Waals surface area contributed by atoms with E-state index in [-0.39, 0.29) is 11.9 Å². The molecule has 3 nitrogen and oxygen atoms in total. The third-order valence-corrected chi connectivity index (χ3v) is 5.13. The van der Waals surface area contributed by atoms with E-state index in [9.17, 15) is 4.79 Å². The largest absolute Gasteiger partial charge is 0.335 e. The van der Waals surface area contributed by atoms with Gasteiger partial charge >= 0.3 is 0 Å². The van der Waals surface area contributed by atoms with E-state index in [1.54, 1.807) is 0 Å². The number of hydrogen-bond donors (Lipinski definition) is 1. The van der Waals surface area contributed by atoms with Crippen LogP contribution < -0.4 is 5.73 Å². The van der Waals surface area contributed by atoms with Crippen molar-refractivity contribution in [3.63, 3.8) is 0 Å². The monoisotopic (exact) mass is 308 g/mol. The molecular formula is C17H25ClN2O. The average Bonchev–Trinajstić information content (AvgIpc) is 2.85. The minimum atomic E-state index is -0.603. The molecule has 1 atom stereocenters. The SMILES string of the molecule is CC(C)(N)C(C)(C)C(=O)N1CCCC1c1cccc(Cl)c1. The van der Waals surface area contributed by atoms with Gasteiger partial charge in [-0.05, 0) is 58.2 Å². The van der Waals surface area contributed by atoms with Gasteiger partial charge in [0.2, 0.25) is 5.91 Å². The smallest absolute Gasteiger partial charge is 0.230 e. The van der Waals surface area contributed by atoms with E-state index >= 15 is 0 Å². The number of benzene rings is 1. The fourth-order valence-electron chi connectivity index (χ4n) is 2.70. The van der Waals surface area contributed by atoms with Crippen molar-refractivity contribution in [3.05, 3.63) is 34.9 Å². The van der Waals surface area contributed by atoms with Gasteiger partial charge in [0.05, 0.1) is 11.5 Å². The van der Waals surface area contributed by atoms with Crippen LogP contribution in [0.3, 0.4) is 0 Å². The van der Waals surface area contributed by atoms with Crippen molar-refractivity contribution in [2.75, 3.05) is 6.54 Å². The van der Waals surface area contributed by atoms with Crippen LogP contribution >= 0.6 is 11.6 Å². The second-order valence-electron chi connectivity index (χ2n) is 7.06. The summed E-state index contributed by atoms with van der Waals surface area (Å²) in [5.41, 5.74) is 6.16. The molecule has 0 aromatic heterocycles. The molecule has 2 N–H and O–H groups in total. The van der Waals surface area contributed by atoms with Crippen molar-refractivity contribution < 1.29 is 4.79 Å². The fraction of sp³-hybridized carbons (Fsp3) is 0.588. The first-order valence-corrected chi connectivity index (χ1v) is 7.88. The summed E-state index contributed by atoms with van der Waals surface area (Å²) < 4.78 is 0. The van der Waals surface area contributed by atoms with Crippen LogP contribution in [0.1, 0.15) is 52.1 Å². The molecule has 2 rings (SSSR count). The molecule has 1 aromatic carbocycles. The Morgan fingerprint density at radius 2 is 2.00 bits per heavy atom. The maximum atomic E-state index is 13.0. The average molecular weight is 309 g/mol. The van der Waals surface area contributed by atoms with Crippen molar-refractivity contribution in [1.29, 1.82) is 0 Å². The predicted octanol–water partition coefficient (Wildman–Crippen LogP) is 3.77. The summed E-state index contributed by atoms with van der Waals surface area (Å²) in [7, 11) is 0. The van der Waals surface area contributed by atoms with Gasteiger partial charge in [-0.25, -0.2) is 0 Å². The number of amides is 1. The number of carbonyl (C=O) groups is 1. The van der Waals surface area contributed by atoms with Crippen molar-refractivity contribution in [3.8, 4) is 0 Å². The zero-order valence-corrected chi connectivity index (χ0v) is 14.1. The Labute approximate surface area is 132 Å². The molecule has 1 fully saturated rings. The predicted molar refractivity (Wildman–Crippen MR) is 87.2 cm³/mol. The highest BCUT2D eigenvalue weighted by Gasteiger charge is 2.45. The summed E-state index contributed by atoms with van der Waals surface area (Å²) in [4.78, 5) is 15.0. The standard InChI is InChI=1S/C17H25ClN2O/c1-16(2,17(3,4)19)15(21)20-10-6-9-14(20)12-7-5-8-13(18)11-12/h5,7-8,11,14H,6,9-10,19H2,1-4H3. The second-order valence-corrected chi connectivity index (χ2v) is 7.49. The Kier molecular flexibility index (Phi) is 4.36. The van der Waals surface area contributed by atoms with E-state index in [0.717, 1.165) is 24.9 Å². The van der Waals surface area contributed by atoms with Crippen molar-refractivity contribution >= 4 is 17.5 Å². The lowest BCUT2D eigenvalue weighted by Crippen LogP contribution is -2.56. The van der Waals surface area contributed by atoms with E-state index in [4.69, 9.17) is 17.3 Å². The van der Waals surface area contributed by atoms with Crippen LogP contribution in [-0.2, 0) is 4.79 Å². The molecule has 0 spiro atoms. The topological polar surface area (TPSA) is 46.3 Å². The lowest BCUT2D eigenvalue weighted by atomic mass is 9.74. The zero-order chi connectivity index (χ0) is 15.8. The van der Waals surface area contributed by atoms with Crippen LogP contribution in [-0.4, -0.2) is 22.9 Å². The van der Waals surface area contributed by atoms with Gasteiger partial charge in [-0.15, -0.1) is 0 Å². The van der Waals surface area contributed by atoms with Gasteiger partial charge in [-0.1, -0.05) is 23.7 Å². The van der Waals surface area contributed by atoms with Crippen LogP contribution in [0.2, 0.25) is 5.02 Å². The molecule has 0 bridgehead atoms. The maximum absolute atomic E-state index is 13.0. The minimum absolute atomic E-state index is 0.109. The van der Waals surface area contributed by atoms with Crippen molar-refractivity contribution in [2.24, 2.45) is 11.1 Å². The number of likely N-dealkylation sites (tertiary alicyclic amines) is 1. The summed E-state index contributed by atoms with van der Waals surface area (Å²) in [6, 6.07) is 7.91. The first-order chi connectivity index (χ1) is 9.64. The van der Waals surface area contributed by atoms with Gasteiger partial charge in [-0.2, -0.15) is 0 Å². The van der Waals surface area contributed by atoms with Gasteiger partial charge in [-0.3, -0.25) is 4.79 Å². The number of hydrogen-bond acceptors (Lipinski definition) is 2. The second kappa shape index (κ2) is 5.62. The normalized spacial score (nSPS) is 19.9. The highest BCUT2D eigenvalue weighted by atomic mass is 35.5. The molecule has 1 heterocycles. The highest BCUT2D eigenvalue weighted by molar-refractivity contribution is 6.30. The first-order valence-electron chi connectivity index (χ1n) is 7.50. The van der Waals surface area contributed by atoms with Crippen LogP contribution in [0.4, 0.5) is 0 Å². The van der Waals surface area contributed by atoms with E-state index < -0.39 is 11.0 Å². The summed E-state index contributed by atoms with van der Waals surface area (Å²) in [6.45, 7) is 8.48. The van der Waals surface area contributed by atoms with Crippen LogP contribution in [0, 0.1) is 5.41 Å². The molecule has 1 aromatic rings. The summed E-state index contributed by atoms with van der Waals surface area (Å²) in [5.74, 6) is 0.123. The van der Waals surface area contributed by atoms with E-state index in [1.807, 2.05) is 56.9 Å². The van der Waals surface area contributed by atoms with Crippen LogP contribution in [0.15, 0.2) is 24.3 Å². The molecule has 116 valence electrons. The number of nitrogens with zero attached hydrogens (tertiary/aromatic N) is 1. The molecule has 1 aliphatic heterocycles. The molecule has 0 saturated carbocycles. The molecule has 1 aliphatic rings. The lowest BCUT2D eigenvalue weighted by Gasteiger charge is -2.41. The third-order valence-electron chi connectivity index (χ3n) is 4.89. The van der Waals surface area contributed by atoms with Crippen molar-refractivity contribution in [1.82, 2.24) is 4.90 Å². The molecule has 1 saturated heterocycles. The minimum Gasteiger partial charge on any atom is -0.335 e.